The van der Waals surface area contributed by atoms with Crippen LogP contribution in [0.3, 0.4) is 0 Å². The van der Waals surface area contributed by atoms with Crippen molar-refractivity contribution in [2.45, 2.75) is 0 Å². The molecular formula is C58H38O12. The summed E-state index contributed by atoms with van der Waals surface area (Å²) in [6, 6.07) is 59.1. The lowest BCUT2D eigenvalue weighted by Gasteiger charge is -2.10. The van der Waals surface area contributed by atoms with Crippen LogP contribution in [-0.2, 0) is 19.2 Å². The van der Waals surface area contributed by atoms with Crippen LogP contribution >= 0.6 is 0 Å². The van der Waals surface area contributed by atoms with Crippen LogP contribution in [0, 0.1) is 0 Å². The van der Waals surface area contributed by atoms with Crippen molar-refractivity contribution in [3.05, 3.63) is 252 Å². The fourth-order valence-electron chi connectivity index (χ4n) is 6.53. The summed E-state index contributed by atoms with van der Waals surface area (Å²) < 4.78 is 32.9. The lowest BCUT2D eigenvalue weighted by atomic mass is 10.0. The molecule has 8 rings (SSSR count). The number of ether oxygens (including phenoxy) is 6. The van der Waals surface area contributed by atoms with Crippen LogP contribution in [0.2, 0.25) is 0 Å². The molecule has 0 atom stereocenters. The van der Waals surface area contributed by atoms with Gasteiger partial charge in [0.25, 0.3) is 0 Å². The second-order valence-corrected chi connectivity index (χ2v) is 15.0. The maximum absolute atomic E-state index is 13.2. The molecule has 0 bridgehead atoms. The molecular weight excluding hydrogens is 889 g/mol. The second kappa shape index (κ2) is 22.5. The van der Waals surface area contributed by atoms with Crippen LogP contribution in [0.1, 0.15) is 31.8 Å². The predicted molar refractivity (Wildman–Crippen MR) is 259 cm³/mol. The van der Waals surface area contributed by atoms with Gasteiger partial charge in [0.2, 0.25) is 0 Å². The van der Waals surface area contributed by atoms with E-state index in [1.807, 2.05) is 0 Å². The summed E-state index contributed by atoms with van der Waals surface area (Å²) in [5.74, 6) is -3.46. The Labute approximate surface area is 401 Å². The summed E-state index contributed by atoms with van der Waals surface area (Å²) in [7, 11) is 0. The Bertz CT molecular complexity index is 2860. The Balaban J connectivity index is 0.872. The number of carbonyl (C=O) groups excluding carboxylic acids is 6. The van der Waals surface area contributed by atoms with E-state index in [2.05, 4.69) is 0 Å². The first-order valence-corrected chi connectivity index (χ1v) is 21.5. The van der Waals surface area contributed by atoms with Crippen LogP contribution in [0.4, 0.5) is 0 Å². The van der Waals surface area contributed by atoms with Crippen molar-refractivity contribution in [2.75, 3.05) is 0 Å². The molecule has 0 aliphatic heterocycles. The molecule has 0 aliphatic carbocycles. The lowest BCUT2D eigenvalue weighted by molar-refractivity contribution is -0.139. The molecule has 12 nitrogen and oxygen atoms in total. The minimum Gasteiger partial charge on any atom is -0.423 e. The van der Waals surface area contributed by atoms with Crippen molar-refractivity contribution < 1.29 is 57.2 Å². The molecule has 0 amide bonds. The van der Waals surface area contributed by atoms with Crippen LogP contribution in [0.5, 0.6) is 34.5 Å². The van der Waals surface area contributed by atoms with E-state index in [9.17, 15) is 28.8 Å². The summed E-state index contributed by atoms with van der Waals surface area (Å²) in [6.07, 6.45) is 2.66. The van der Waals surface area contributed by atoms with Gasteiger partial charge < -0.3 is 28.4 Å². The highest BCUT2D eigenvalue weighted by Crippen LogP contribution is 2.25. The standard InChI is InChI=1S/C58H38O12/c59-53(65-49-33-21-39(22-34-49)37-51(55(61)67-45-13-5-1-6-14-45)56(62)68-46-15-7-2-8-16-46)43-29-25-41(26-30-43)42-27-31-44(32-28-42)54(60)66-50-35-23-40(24-36-50)38-52(57(63)69-47-17-9-3-10-18-47)58(64)70-48-19-11-4-12-20-48/h1-38H. The van der Waals surface area contributed by atoms with E-state index in [4.69, 9.17) is 28.4 Å². The quantitative estimate of drug-likeness (QED) is 0.0315. The zero-order valence-corrected chi connectivity index (χ0v) is 36.8. The SMILES string of the molecule is O=C(Oc1ccccc1)C(=Cc1ccc(OC(=O)c2ccc(-c3ccc(C(=O)Oc4ccc(C=C(C(=O)Oc5ccccc5)C(=O)Oc5ccccc5)cc4)cc3)cc2)cc1)C(=O)Oc1ccccc1. The van der Waals surface area contributed by atoms with Gasteiger partial charge in [-0.25, -0.2) is 28.8 Å². The van der Waals surface area contributed by atoms with Crippen LogP contribution in [-0.4, -0.2) is 35.8 Å². The molecule has 0 N–H and O–H groups in total. The Morgan fingerprint density at radius 2 is 0.500 bits per heavy atom. The highest BCUT2D eigenvalue weighted by molar-refractivity contribution is 6.19. The molecule has 8 aromatic carbocycles. The molecule has 8 aromatic rings. The topological polar surface area (TPSA) is 158 Å². The van der Waals surface area contributed by atoms with E-state index in [-0.39, 0.29) is 56.8 Å². The molecule has 12 heteroatoms. The monoisotopic (exact) mass is 926 g/mol. The Kier molecular flexibility index (Phi) is 15.0. The van der Waals surface area contributed by atoms with Gasteiger partial charge in [-0.05, 0) is 131 Å². The van der Waals surface area contributed by atoms with Crippen LogP contribution in [0.25, 0.3) is 23.3 Å². The maximum Gasteiger partial charge on any atom is 0.351 e. The number of hydrogen-bond donors (Lipinski definition) is 0. The average molecular weight is 927 g/mol. The summed E-state index contributed by atoms with van der Waals surface area (Å²) in [6.45, 7) is 0. The number of benzene rings is 8. The van der Waals surface area contributed by atoms with Crippen molar-refractivity contribution >= 4 is 48.0 Å². The van der Waals surface area contributed by atoms with E-state index in [1.54, 1.807) is 194 Å². The van der Waals surface area contributed by atoms with Gasteiger partial charge >= 0.3 is 35.8 Å². The summed E-state index contributed by atoms with van der Waals surface area (Å²) in [5.41, 5.74) is 2.26. The van der Waals surface area contributed by atoms with Gasteiger partial charge in [-0.3, -0.25) is 0 Å². The molecule has 0 fully saturated rings. The third-order valence-corrected chi connectivity index (χ3v) is 10.1. The maximum atomic E-state index is 13.2. The molecule has 0 aliphatic rings. The molecule has 0 heterocycles. The fourth-order valence-corrected chi connectivity index (χ4v) is 6.53. The average Bonchev–Trinajstić information content (AvgIpc) is 3.39. The van der Waals surface area contributed by atoms with Crippen molar-refractivity contribution in [1.82, 2.24) is 0 Å². The zero-order chi connectivity index (χ0) is 48.7. The fraction of sp³-hybridized carbons (Fsp3) is 0. The third-order valence-electron chi connectivity index (χ3n) is 10.1. The normalized spacial score (nSPS) is 10.3. The Morgan fingerprint density at radius 3 is 0.757 bits per heavy atom. The molecule has 0 saturated carbocycles. The number of rotatable bonds is 15. The second-order valence-electron chi connectivity index (χ2n) is 15.0. The first-order chi connectivity index (χ1) is 34.1. The number of para-hydroxylation sites is 4. The molecule has 70 heavy (non-hydrogen) atoms. The molecule has 342 valence electrons. The van der Waals surface area contributed by atoms with Crippen molar-refractivity contribution in [3.63, 3.8) is 0 Å². The van der Waals surface area contributed by atoms with E-state index in [0.717, 1.165) is 11.1 Å². The molecule has 0 aromatic heterocycles. The van der Waals surface area contributed by atoms with Gasteiger partial charge in [-0.2, -0.15) is 0 Å². The smallest absolute Gasteiger partial charge is 0.351 e. The zero-order valence-electron chi connectivity index (χ0n) is 36.8. The summed E-state index contributed by atoms with van der Waals surface area (Å²) in [5, 5.41) is 0. The van der Waals surface area contributed by atoms with Gasteiger partial charge in [-0.15, -0.1) is 0 Å². The minimum absolute atomic E-state index is 0.220. The van der Waals surface area contributed by atoms with Gasteiger partial charge in [0.05, 0.1) is 11.1 Å². The predicted octanol–water partition coefficient (Wildman–Crippen LogP) is 11.0. The number of esters is 6. The lowest BCUT2D eigenvalue weighted by Crippen LogP contribution is -2.22. The Morgan fingerprint density at radius 1 is 0.257 bits per heavy atom. The Hall–Kier alpha value is -9.94. The molecule has 0 unspecified atom stereocenters. The first-order valence-electron chi connectivity index (χ1n) is 21.5. The first kappa shape index (κ1) is 46.6. The van der Waals surface area contributed by atoms with Gasteiger partial charge in [0, 0.05) is 0 Å². The molecule has 0 saturated heterocycles. The third kappa shape index (κ3) is 12.7. The van der Waals surface area contributed by atoms with Gasteiger partial charge in [-0.1, -0.05) is 121 Å². The largest absolute Gasteiger partial charge is 0.423 e. The highest BCUT2D eigenvalue weighted by Gasteiger charge is 2.25. The van der Waals surface area contributed by atoms with Crippen LogP contribution in [0.15, 0.2) is 230 Å². The van der Waals surface area contributed by atoms with Crippen molar-refractivity contribution in [1.29, 1.82) is 0 Å². The minimum atomic E-state index is -0.914. The van der Waals surface area contributed by atoms with Crippen molar-refractivity contribution in [3.8, 4) is 45.6 Å². The summed E-state index contributed by atoms with van der Waals surface area (Å²) in [4.78, 5) is 78.9. The molecule has 0 radical (unpaired) electrons. The highest BCUT2D eigenvalue weighted by atomic mass is 16.6. The van der Waals surface area contributed by atoms with E-state index in [0.29, 0.717) is 11.1 Å². The van der Waals surface area contributed by atoms with E-state index >= 15 is 0 Å². The van der Waals surface area contributed by atoms with Gasteiger partial charge in [0.1, 0.15) is 45.6 Å². The van der Waals surface area contributed by atoms with E-state index < -0.39 is 35.8 Å². The number of carbonyl (C=O) groups is 6. The number of hydrogen-bond acceptors (Lipinski definition) is 12. The van der Waals surface area contributed by atoms with Crippen molar-refractivity contribution in [2.24, 2.45) is 0 Å². The van der Waals surface area contributed by atoms with Crippen LogP contribution < -0.4 is 28.4 Å². The molecule has 0 spiro atoms. The summed E-state index contributed by atoms with van der Waals surface area (Å²) >= 11 is 0. The van der Waals surface area contributed by atoms with E-state index in [1.165, 1.54) is 36.4 Å². The van der Waals surface area contributed by atoms with Gasteiger partial charge in [0.15, 0.2) is 0 Å².